The molecule has 1 heterocycles. The lowest BCUT2D eigenvalue weighted by molar-refractivity contribution is -0.167. The fourth-order valence-corrected chi connectivity index (χ4v) is 2.82. The van der Waals surface area contributed by atoms with Gasteiger partial charge in [0.25, 0.3) is 5.91 Å². The first kappa shape index (κ1) is 17.4. The molecule has 1 aromatic carbocycles. The van der Waals surface area contributed by atoms with Crippen LogP contribution in [0.2, 0.25) is 0 Å². The van der Waals surface area contributed by atoms with E-state index in [1.54, 1.807) is 12.0 Å². The number of nitrogens with zero attached hydrogens (tertiary/aromatic N) is 1. The third kappa shape index (κ3) is 4.09. The second kappa shape index (κ2) is 8.08. The van der Waals surface area contributed by atoms with Crippen molar-refractivity contribution in [3.8, 4) is 0 Å². The van der Waals surface area contributed by atoms with E-state index in [2.05, 4.69) is 5.32 Å². The molecule has 2 rings (SSSR count). The number of carbonyl (C=O) groups excluding carboxylic acids is 2. The van der Waals surface area contributed by atoms with Gasteiger partial charge in [0.05, 0.1) is 12.6 Å². The van der Waals surface area contributed by atoms with E-state index in [4.69, 9.17) is 9.47 Å². The maximum absolute atomic E-state index is 12.5. The van der Waals surface area contributed by atoms with Gasteiger partial charge in [0.15, 0.2) is 6.10 Å². The van der Waals surface area contributed by atoms with Crippen LogP contribution in [0.4, 0.5) is 0 Å². The minimum absolute atomic E-state index is 0.0223. The van der Waals surface area contributed by atoms with Gasteiger partial charge in [-0.1, -0.05) is 30.3 Å². The van der Waals surface area contributed by atoms with Crippen molar-refractivity contribution in [3.63, 3.8) is 0 Å². The van der Waals surface area contributed by atoms with E-state index in [0.29, 0.717) is 13.2 Å². The number of ether oxygens (including phenoxy) is 2. The predicted molar refractivity (Wildman–Crippen MR) is 85.8 cm³/mol. The van der Waals surface area contributed by atoms with Crippen molar-refractivity contribution in [1.29, 1.82) is 0 Å². The van der Waals surface area contributed by atoms with Crippen molar-refractivity contribution < 1.29 is 19.1 Å². The molecule has 6 nitrogen and oxygen atoms in total. The molecule has 2 amide bonds. The van der Waals surface area contributed by atoms with Gasteiger partial charge in [0, 0.05) is 19.7 Å². The number of carbonyl (C=O) groups is 2. The molecule has 1 aliphatic rings. The summed E-state index contributed by atoms with van der Waals surface area (Å²) in [5.41, 5.74) is 0.890. The highest BCUT2D eigenvalue weighted by atomic mass is 16.5. The molecule has 1 aliphatic heterocycles. The molecule has 0 unspecified atom stereocenters. The lowest BCUT2D eigenvalue weighted by Crippen LogP contribution is -2.56. The van der Waals surface area contributed by atoms with Crippen LogP contribution < -0.4 is 5.32 Å². The molecule has 6 heteroatoms. The van der Waals surface area contributed by atoms with Gasteiger partial charge in [-0.3, -0.25) is 9.59 Å². The van der Waals surface area contributed by atoms with E-state index < -0.39 is 12.1 Å². The number of nitrogens with one attached hydrogen (secondary N) is 1. The maximum atomic E-state index is 12.5. The SMILES string of the molecule is COCCNC(=O)[C@H]1OCC(=O)N(C(C)C)[C@@H]1c1ccccc1. The number of hydrogen-bond donors (Lipinski definition) is 1. The largest absolute Gasteiger partial charge is 0.383 e. The molecular weight excluding hydrogens is 296 g/mol. The van der Waals surface area contributed by atoms with Crippen molar-refractivity contribution in [3.05, 3.63) is 35.9 Å². The van der Waals surface area contributed by atoms with Crippen LogP contribution in [0.1, 0.15) is 25.5 Å². The predicted octanol–water partition coefficient (Wildman–Crippen LogP) is 1.13. The number of amides is 2. The first-order valence-corrected chi connectivity index (χ1v) is 7.80. The van der Waals surface area contributed by atoms with E-state index in [0.717, 1.165) is 5.56 Å². The number of rotatable bonds is 6. The van der Waals surface area contributed by atoms with E-state index in [1.807, 2.05) is 44.2 Å². The summed E-state index contributed by atoms with van der Waals surface area (Å²) >= 11 is 0. The number of benzene rings is 1. The van der Waals surface area contributed by atoms with Crippen LogP contribution in [-0.4, -0.2) is 55.7 Å². The topological polar surface area (TPSA) is 67.9 Å². The summed E-state index contributed by atoms with van der Waals surface area (Å²) < 4.78 is 10.5. The van der Waals surface area contributed by atoms with E-state index in [9.17, 15) is 9.59 Å². The number of morpholine rings is 1. The van der Waals surface area contributed by atoms with Crippen LogP contribution in [0.15, 0.2) is 30.3 Å². The maximum Gasteiger partial charge on any atom is 0.251 e. The van der Waals surface area contributed by atoms with Gasteiger partial charge in [-0.15, -0.1) is 0 Å². The number of hydrogen-bond acceptors (Lipinski definition) is 4. The molecule has 1 fully saturated rings. The average molecular weight is 320 g/mol. The minimum Gasteiger partial charge on any atom is -0.383 e. The van der Waals surface area contributed by atoms with E-state index >= 15 is 0 Å². The molecule has 0 aromatic heterocycles. The van der Waals surface area contributed by atoms with Gasteiger partial charge < -0.3 is 19.7 Å². The zero-order valence-corrected chi connectivity index (χ0v) is 13.8. The Morgan fingerprint density at radius 1 is 1.39 bits per heavy atom. The first-order valence-electron chi connectivity index (χ1n) is 7.80. The zero-order valence-electron chi connectivity index (χ0n) is 13.8. The molecule has 0 aliphatic carbocycles. The Morgan fingerprint density at radius 3 is 2.70 bits per heavy atom. The molecular formula is C17H24N2O4. The van der Waals surface area contributed by atoms with Crippen molar-refractivity contribution in [2.45, 2.75) is 32.0 Å². The van der Waals surface area contributed by atoms with E-state index in [-0.39, 0.29) is 24.5 Å². The fourth-order valence-electron chi connectivity index (χ4n) is 2.82. The van der Waals surface area contributed by atoms with Crippen LogP contribution in [-0.2, 0) is 19.1 Å². The molecule has 1 aromatic rings. The summed E-state index contributed by atoms with van der Waals surface area (Å²) in [5.74, 6) is -0.330. The Bertz CT molecular complexity index is 533. The summed E-state index contributed by atoms with van der Waals surface area (Å²) in [6.07, 6.45) is -0.727. The highest BCUT2D eigenvalue weighted by Gasteiger charge is 2.42. The lowest BCUT2D eigenvalue weighted by atomic mass is 9.96. The van der Waals surface area contributed by atoms with Gasteiger partial charge in [0.1, 0.15) is 6.61 Å². The molecule has 0 radical (unpaired) electrons. The normalized spacial score (nSPS) is 21.6. The van der Waals surface area contributed by atoms with Crippen LogP contribution in [0.25, 0.3) is 0 Å². The molecule has 0 bridgehead atoms. The van der Waals surface area contributed by atoms with Gasteiger partial charge in [-0.05, 0) is 19.4 Å². The third-order valence-electron chi connectivity index (χ3n) is 3.82. The summed E-state index contributed by atoms with van der Waals surface area (Å²) in [7, 11) is 1.58. The van der Waals surface area contributed by atoms with Gasteiger partial charge in [0.2, 0.25) is 5.91 Å². The quantitative estimate of drug-likeness (QED) is 0.798. The second-order valence-corrected chi connectivity index (χ2v) is 5.77. The summed E-state index contributed by atoms with van der Waals surface area (Å²) in [6, 6.07) is 9.07. The summed E-state index contributed by atoms with van der Waals surface area (Å²) in [6.45, 7) is 4.65. The first-order chi connectivity index (χ1) is 11.1. The molecule has 0 saturated carbocycles. The highest BCUT2D eigenvalue weighted by molar-refractivity contribution is 5.86. The molecule has 23 heavy (non-hydrogen) atoms. The average Bonchev–Trinajstić information content (AvgIpc) is 2.55. The highest BCUT2D eigenvalue weighted by Crippen LogP contribution is 2.32. The van der Waals surface area contributed by atoms with E-state index in [1.165, 1.54) is 0 Å². The minimum atomic E-state index is -0.727. The van der Waals surface area contributed by atoms with Crippen molar-refractivity contribution in [2.75, 3.05) is 26.9 Å². The summed E-state index contributed by atoms with van der Waals surface area (Å²) in [5, 5.41) is 2.80. The van der Waals surface area contributed by atoms with Gasteiger partial charge >= 0.3 is 0 Å². The van der Waals surface area contributed by atoms with Crippen molar-refractivity contribution in [2.24, 2.45) is 0 Å². The third-order valence-corrected chi connectivity index (χ3v) is 3.82. The lowest BCUT2D eigenvalue weighted by Gasteiger charge is -2.42. The smallest absolute Gasteiger partial charge is 0.251 e. The van der Waals surface area contributed by atoms with Crippen molar-refractivity contribution in [1.82, 2.24) is 10.2 Å². The van der Waals surface area contributed by atoms with Gasteiger partial charge in [-0.2, -0.15) is 0 Å². The molecule has 126 valence electrons. The Morgan fingerprint density at radius 2 is 2.09 bits per heavy atom. The summed E-state index contributed by atoms with van der Waals surface area (Å²) in [4.78, 5) is 26.5. The molecule has 2 atom stereocenters. The van der Waals surface area contributed by atoms with Crippen LogP contribution in [0.5, 0.6) is 0 Å². The number of methoxy groups -OCH3 is 1. The standard InChI is InChI=1S/C17H24N2O4/c1-12(2)19-14(20)11-23-16(17(21)18-9-10-22-3)15(19)13-7-5-4-6-8-13/h4-8,12,15-16H,9-11H2,1-3H3,(H,18,21)/t15-,16+/m1/s1. The second-order valence-electron chi connectivity index (χ2n) is 5.77. The Kier molecular flexibility index (Phi) is 6.12. The fraction of sp³-hybridized carbons (Fsp3) is 0.529. The zero-order chi connectivity index (χ0) is 16.8. The molecule has 1 saturated heterocycles. The monoisotopic (exact) mass is 320 g/mol. The van der Waals surface area contributed by atoms with Crippen molar-refractivity contribution >= 4 is 11.8 Å². The van der Waals surface area contributed by atoms with Gasteiger partial charge in [-0.25, -0.2) is 0 Å². The Labute approximate surface area is 136 Å². The Balaban J connectivity index is 2.28. The van der Waals surface area contributed by atoms with Crippen LogP contribution >= 0.6 is 0 Å². The molecule has 0 spiro atoms. The van der Waals surface area contributed by atoms with Crippen LogP contribution in [0, 0.1) is 0 Å². The molecule has 1 N–H and O–H groups in total. The van der Waals surface area contributed by atoms with Crippen LogP contribution in [0.3, 0.4) is 0 Å². The Hall–Kier alpha value is -1.92.